The molecule has 0 aliphatic heterocycles. The average molecular weight is 361 g/mol. The standard InChI is InChI=1S/C17H17BrN2O2/c1-3-22-14-10-8-13(9-11-14)12(2)19-20-17(21)15-6-4-5-7-16(15)18/h4-11H,3H2,1-2H3,(H,20,21)/b19-12+. The lowest BCUT2D eigenvalue weighted by molar-refractivity contribution is 0.0954. The molecule has 2 aromatic rings. The molecule has 114 valence electrons. The fourth-order valence-corrected chi connectivity index (χ4v) is 2.33. The first-order valence-corrected chi connectivity index (χ1v) is 7.73. The number of hydrogen-bond donors (Lipinski definition) is 1. The summed E-state index contributed by atoms with van der Waals surface area (Å²) in [5.74, 6) is 0.564. The first-order valence-electron chi connectivity index (χ1n) is 6.94. The number of nitrogens with one attached hydrogen (secondary N) is 1. The van der Waals surface area contributed by atoms with Gasteiger partial charge in [0.2, 0.25) is 0 Å². The third kappa shape index (κ3) is 4.18. The molecule has 5 heteroatoms. The number of amides is 1. The van der Waals surface area contributed by atoms with Gasteiger partial charge in [-0.25, -0.2) is 5.43 Å². The molecular weight excluding hydrogens is 344 g/mol. The van der Waals surface area contributed by atoms with Gasteiger partial charge in [0.25, 0.3) is 5.91 Å². The third-order valence-corrected chi connectivity index (χ3v) is 3.72. The van der Waals surface area contributed by atoms with Crippen LogP contribution in [0.1, 0.15) is 29.8 Å². The summed E-state index contributed by atoms with van der Waals surface area (Å²) in [6.07, 6.45) is 0. The zero-order chi connectivity index (χ0) is 15.9. The maximum Gasteiger partial charge on any atom is 0.272 e. The van der Waals surface area contributed by atoms with Crippen molar-refractivity contribution in [1.29, 1.82) is 0 Å². The molecule has 0 aromatic heterocycles. The van der Waals surface area contributed by atoms with E-state index in [0.717, 1.165) is 21.5 Å². The molecule has 0 fully saturated rings. The molecule has 4 nitrogen and oxygen atoms in total. The van der Waals surface area contributed by atoms with Crippen molar-refractivity contribution in [3.8, 4) is 5.75 Å². The number of carbonyl (C=O) groups excluding carboxylic acids is 1. The van der Waals surface area contributed by atoms with E-state index in [9.17, 15) is 4.79 Å². The van der Waals surface area contributed by atoms with Crippen LogP contribution in [0.2, 0.25) is 0 Å². The van der Waals surface area contributed by atoms with Crippen molar-refractivity contribution < 1.29 is 9.53 Å². The molecule has 0 saturated heterocycles. The number of rotatable bonds is 5. The number of halogens is 1. The Morgan fingerprint density at radius 3 is 2.50 bits per heavy atom. The predicted molar refractivity (Wildman–Crippen MR) is 91.4 cm³/mol. The summed E-state index contributed by atoms with van der Waals surface area (Å²) >= 11 is 3.35. The van der Waals surface area contributed by atoms with Crippen molar-refractivity contribution in [3.63, 3.8) is 0 Å². The normalized spacial score (nSPS) is 11.1. The Kier molecular flexibility index (Phi) is 5.72. The van der Waals surface area contributed by atoms with Crippen LogP contribution in [0.4, 0.5) is 0 Å². The van der Waals surface area contributed by atoms with E-state index in [2.05, 4.69) is 26.5 Å². The summed E-state index contributed by atoms with van der Waals surface area (Å²) in [5.41, 5.74) is 4.76. The highest BCUT2D eigenvalue weighted by molar-refractivity contribution is 9.10. The van der Waals surface area contributed by atoms with Gasteiger partial charge in [-0.1, -0.05) is 12.1 Å². The largest absolute Gasteiger partial charge is 0.494 e. The lowest BCUT2D eigenvalue weighted by Crippen LogP contribution is -2.19. The van der Waals surface area contributed by atoms with Crippen molar-refractivity contribution in [2.45, 2.75) is 13.8 Å². The van der Waals surface area contributed by atoms with Crippen molar-refractivity contribution in [2.24, 2.45) is 5.10 Å². The number of carbonyl (C=O) groups is 1. The van der Waals surface area contributed by atoms with Crippen LogP contribution in [0.3, 0.4) is 0 Å². The molecule has 0 saturated carbocycles. The van der Waals surface area contributed by atoms with Crippen molar-refractivity contribution in [3.05, 3.63) is 64.1 Å². The molecule has 0 aliphatic carbocycles. The van der Waals surface area contributed by atoms with Gasteiger partial charge in [0.1, 0.15) is 5.75 Å². The van der Waals surface area contributed by atoms with E-state index in [1.807, 2.05) is 56.3 Å². The van der Waals surface area contributed by atoms with E-state index in [0.29, 0.717) is 12.2 Å². The van der Waals surface area contributed by atoms with E-state index in [1.165, 1.54) is 0 Å². The molecule has 0 spiro atoms. The molecule has 0 unspecified atom stereocenters. The van der Waals surface area contributed by atoms with E-state index in [4.69, 9.17) is 4.74 Å². The molecule has 0 radical (unpaired) electrons. The zero-order valence-corrected chi connectivity index (χ0v) is 14.1. The smallest absolute Gasteiger partial charge is 0.272 e. The number of hydrazone groups is 1. The molecule has 22 heavy (non-hydrogen) atoms. The van der Waals surface area contributed by atoms with Crippen molar-refractivity contribution in [1.82, 2.24) is 5.43 Å². The Balaban J connectivity index is 2.06. The Morgan fingerprint density at radius 1 is 1.18 bits per heavy atom. The lowest BCUT2D eigenvalue weighted by atomic mass is 10.1. The van der Waals surface area contributed by atoms with Gasteiger partial charge in [-0.05, 0) is 71.7 Å². The van der Waals surface area contributed by atoms with Crippen LogP contribution < -0.4 is 10.2 Å². The summed E-state index contributed by atoms with van der Waals surface area (Å²) in [6.45, 7) is 4.42. The maximum atomic E-state index is 12.1. The maximum absolute atomic E-state index is 12.1. The first kappa shape index (κ1) is 16.2. The minimum absolute atomic E-state index is 0.252. The van der Waals surface area contributed by atoms with Crippen LogP contribution in [-0.2, 0) is 0 Å². The molecule has 0 bridgehead atoms. The second-order valence-corrected chi connectivity index (χ2v) is 5.43. The molecule has 1 N–H and O–H groups in total. The molecule has 0 heterocycles. The SMILES string of the molecule is CCOc1ccc(/C(C)=N/NC(=O)c2ccccc2Br)cc1. The molecule has 1 amide bonds. The van der Waals surface area contributed by atoms with Gasteiger partial charge in [-0.15, -0.1) is 0 Å². The minimum Gasteiger partial charge on any atom is -0.494 e. The van der Waals surface area contributed by atoms with Gasteiger partial charge in [0.05, 0.1) is 17.9 Å². The van der Waals surface area contributed by atoms with E-state index in [-0.39, 0.29) is 5.91 Å². The zero-order valence-electron chi connectivity index (χ0n) is 12.5. The predicted octanol–water partition coefficient (Wildman–Crippen LogP) is 4.00. The fraction of sp³-hybridized carbons (Fsp3) is 0.176. The van der Waals surface area contributed by atoms with Crippen LogP contribution in [0, 0.1) is 0 Å². The first-order chi connectivity index (χ1) is 10.6. The number of nitrogens with zero attached hydrogens (tertiary/aromatic N) is 1. The quantitative estimate of drug-likeness (QED) is 0.646. The summed E-state index contributed by atoms with van der Waals surface area (Å²) in [4.78, 5) is 12.1. The summed E-state index contributed by atoms with van der Waals surface area (Å²) in [6, 6.07) is 14.8. The number of hydrogen-bond acceptors (Lipinski definition) is 3. The molecular formula is C17H17BrN2O2. The van der Waals surface area contributed by atoms with Crippen molar-refractivity contribution >= 4 is 27.5 Å². The summed E-state index contributed by atoms with van der Waals surface area (Å²) < 4.78 is 6.13. The number of ether oxygens (including phenoxy) is 1. The second-order valence-electron chi connectivity index (χ2n) is 4.58. The van der Waals surface area contributed by atoms with Gasteiger partial charge < -0.3 is 4.74 Å². The second kappa shape index (κ2) is 7.75. The van der Waals surface area contributed by atoms with E-state index >= 15 is 0 Å². The van der Waals surface area contributed by atoms with Gasteiger partial charge in [0, 0.05) is 4.47 Å². The van der Waals surface area contributed by atoms with Crippen molar-refractivity contribution in [2.75, 3.05) is 6.61 Å². The monoisotopic (exact) mass is 360 g/mol. The van der Waals surface area contributed by atoms with Gasteiger partial charge >= 0.3 is 0 Å². The highest BCUT2D eigenvalue weighted by Gasteiger charge is 2.08. The van der Waals surface area contributed by atoms with Crippen LogP contribution in [0.25, 0.3) is 0 Å². The van der Waals surface area contributed by atoms with Crippen LogP contribution in [0.5, 0.6) is 5.75 Å². The van der Waals surface area contributed by atoms with Gasteiger partial charge in [-0.2, -0.15) is 5.10 Å². The number of benzene rings is 2. The Hall–Kier alpha value is -2.14. The average Bonchev–Trinajstić information content (AvgIpc) is 2.54. The minimum atomic E-state index is -0.252. The Bertz CT molecular complexity index is 681. The summed E-state index contributed by atoms with van der Waals surface area (Å²) in [5, 5.41) is 4.14. The Labute approximate surface area is 138 Å². The van der Waals surface area contributed by atoms with Gasteiger partial charge in [-0.3, -0.25) is 4.79 Å². The molecule has 0 aliphatic rings. The molecule has 0 atom stereocenters. The summed E-state index contributed by atoms with van der Waals surface area (Å²) in [7, 11) is 0. The van der Waals surface area contributed by atoms with Crippen LogP contribution in [0.15, 0.2) is 58.1 Å². The van der Waals surface area contributed by atoms with Gasteiger partial charge in [0.15, 0.2) is 0 Å². The fourth-order valence-electron chi connectivity index (χ4n) is 1.86. The van der Waals surface area contributed by atoms with E-state index in [1.54, 1.807) is 6.07 Å². The van der Waals surface area contributed by atoms with Crippen LogP contribution in [-0.4, -0.2) is 18.2 Å². The Morgan fingerprint density at radius 2 is 1.86 bits per heavy atom. The lowest BCUT2D eigenvalue weighted by Gasteiger charge is -2.06. The third-order valence-electron chi connectivity index (χ3n) is 3.03. The topological polar surface area (TPSA) is 50.7 Å². The molecule has 2 aromatic carbocycles. The van der Waals surface area contributed by atoms with E-state index < -0.39 is 0 Å². The van der Waals surface area contributed by atoms with Crippen LogP contribution >= 0.6 is 15.9 Å². The highest BCUT2D eigenvalue weighted by atomic mass is 79.9. The highest BCUT2D eigenvalue weighted by Crippen LogP contribution is 2.16. The molecule has 2 rings (SSSR count).